The summed E-state index contributed by atoms with van der Waals surface area (Å²) in [6.45, 7) is 2.47. The molecule has 0 radical (unpaired) electrons. The molecule has 1 fully saturated rings. The van der Waals surface area contributed by atoms with Crippen molar-refractivity contribution in [2.24, 2.45) is 11.7 Å². The summed E-state index contributed by atoms with van der Waals surface area (Å²) in [4.78, 5) is 16.8. The van der Waals surface area contributed by atoms with E-state index in [2.05, 4.69) is 10.3 Å². The third-order valence-electron chi connectivity index (χ3n) is 3.75. The Bertz CT molecular complexity index is 648. The molecule has 0 aliphatic heterocycles. The van der Waals surface area contributed by atoms with Gasteiger partial charge in [0, 0.05) is 34.8 Å². The first kappa shape index (κ1) is 14.2. The van der Waals surface area contributed by atoms with Gasteiger partial charge in [-0.25, -0.2) is 4.98 Å². The fourth-order valence-corrected chi connectivity index (χ4v) is 3.19. The van der Waals surface area contributed by atoms with Gasteiger partial charge in [-0.15, -0.1) is 11.3 Å². The molecule has 1 saturated carbocycles. The van der Waals surface area contributed by atoms with Gasteiger partial charge in [0.1, 0.15) is 5.01 Å². The van der Waals surface area contributed by atoms with Gasteiger partial charge in [0.15, 0.2) is 0 Å². The van der Waals surface area contributed by atoms with Gasteiger partial charge in [-0.1, -0.05) is 12.1 Å². The number of aromatic nitrogens is 1. The van der Waals surface area contributed by atoms with Gasteiger partial charge in [0.25, 0.3) is 5.91 Å². The normalized spacial score (nSPS) is 15.7. The number of nitrogens with two attached hydrogens (primary N) is 1. The smallest absolute Gasteiger partial charge is 0.251 e. The summed E-state index contributed by atoms with van der Waals surface area (Å²) in [5, 5.41) is 6.01. The van der Waals surface area contributed by atoms with Crippen LogP contribution in [0.15, 0.2) is 29.6 Å². The van der Waals surface area contributed by atoms with Crippen LogP contribution in [0.5, 0.6) is 0 Å². The van der Waals surface area contributed by atoms with Gasteiger partial charge < -0.3 is 11.1 Å². The highest BCUT2D eigenvalue weighted by Gasteiger charge is 2.31. The van der Waals surface area contributed by atoms with Crippen LogP contribution in [0.2, 0.25) is 0 Å². The molecule has 1 aliphatic carbocycles. The van der Waals surface area contributed by atoms with Crippen LogP contribution in [-0.2, 0) is 0 Å². The third kappa shape index (κ3) is 3.31. The zero-order chi connectivity index (χ0) is 14.8. The molecule has 1 heterocycles. The van der Waals surface area contributed by atoms with E-state index in [0.29, 0.717) is 18.0 Å². The molecule has 1 aromatic carbocycles. The quantitative estimate of drug-likeness (QED) is 0.892. The van der Waals surface area contributed by atoms with Crippen LogP contribution >= 0.6 is 11.3 Å². The van der Waals surface area contributed by atoms with Gasteiger partial charge in [-0.3, -0.25) is 4.79 Å². The highest BCUT2D eigenvalue weighted by atomic mass is 32.1. The monoisotopic (exact) mass is 301 g/mol. The standard InChI is InChI=1S/C16H19N3OS/c1-10-9-21-16(18-10)13-4-2-3-12(7-13)15(20)19-14(8-17)11-5-6-11/h2-4,7,9,11,14H,5-6,8,17H2,1H3,(H,19,20). The number of nitrogens with zero attached hydrogens (tertiary/aromatic N) is 1. The summed E-state index contributed by atoms with van der Waals surface area (Å²) in [7, 11) is 0. The lowest BCUT2D eigenvalue weighted by molar-refractivity contribution is 0.0933. The molecule has 5 heteroatoms. The van der Waals surface area contributed by atoms with E-state index in [9.17, 15) is 4.79 Å². The van der Waals surface area contributed by atoms with Crippen molar-refractivity contribution in [1.82, 2.24) is 10.3 Å². The maximum absolute atomic E-state index is 12.4. The first-order chi connectivity index (χ1) is 10.2. The Hall–Kier alpha value is -1.72. The topological polar surface area (TPSA) is 68.0 Å². The number of carbonyl (C=O) groups excluding carboxylic acids is 1. The number of amides is 1. The maximum atomic E-state index is 12.4. The summed E-state index contributed by atoms with van der Waals surface area (Å²) in [5.41, 5.74) is 8.39. The van der Waals surface area contributed by atoms with Crippen molar-refractivity contribution in [2.75, 3.05) is 6.54 Å². The van der Waals surface area contributed by atoms with E-state index >= 15 is 0 Å². The molecule has 1 aliphatic rings. The molecule has 3 rings (SSSR count). The number of benzene rings is 1. The van der Waals surface area contributed by atoms with E-state index in [1.165, 1.54) is 12.8 Å². The van der Waals surface area contributed by atoms with Crippen LogP contribution < -0.4 is 11.1 Å². The number of aryl methyl sites for hydroxylation is 1. The van der Waals surface area contributed by atoms with Crippen molar-refractivity contribution in [2.45, 2.75) is 25.8 Å². The lowest BCUT2D eigenvalue weighted by Crippen LogP contribution is -2.41. The fourth-order valence-electron chi connectivity index (χ4n) is 2.40. The third-order valence-corrected chi connectivity index (χ3v) is 4.76. The zero-order valence-electron chi connectivity index (χ0n) is 12.0. The Balaban J connectivity index is 1.77. The largest absolute Gasteiger partial charge is 0.348 e. The Labute approximate surface area is 128 Å². The van der Waals surface area contributed by atoms with Crippen LogP contribution in [0.3, 0.4) is 0 Å². The molecular formula is C16H19N3OS. The molecule has 0 saturated heterocycles. The molecule has 1 aromatic heterocycles. The number of hydrogen-bond acceptors (Lipinski definition) is 4. The average Bonchev–Trinajstić information content (AvgIpc) is 3.25. The Morgan fingerprint density at radius 1 is 1.52 bits per heavy atom. The lowest BCUT2D eigenvalue weighted by Gasteiger charge is -2.16. The van der Waals surface area contributed by atoms with Crippen molar-refractivity contribution in [3.8, 4) is 10.6 Å². The van der Waals surface area contributed by atoms with E-state index in [1.807, 2.05) is 36.6 Å². The summed E-state index contributed by atoms with van der Waals surface area (Å²) >= 11 is 1.59. The number of carbonyl (C=O) groups is 1. The Kier molecular flexibility index (Phi) is 4.03. The highest BCUT2D eigenvalue weighted by Crippen LogP contribution is 2.32. The van der Waals surface area contributed by atoms with Crippen molar-refractivity contribution in [3.05, 3.63) is 40.9 Å². The van der Waals surface area contributed by atoms with Crippen LogP contribution in [0.1, 0.15) is 28.9 Å². The van der Waals surface area contributed by atoms with Gasteiger partial charge in [0.2, 0.25) is 0 Å². The predicted octanol–water partition coefficient (Wildman–Crippen LogP) is 2.59. The molecule has 110 valence electrons. The average molecular weight is 301 g/mol. The summed E-state index contributed by atoms with van der Waals surface area (Å²) in [6.07, 6.45) is 2.33. The van der Waals surface area contributed by atoms with Crippen molar-refractivity contribution >= 4 is 17.2 Å². The molecular weight excluding hydrogens is 282 g/mol. The second kappa shape index (κ2) is 5.95. The summed E-state index contributed by atoms with van der Waals surface area (Å²) in [5.74, 6) is 0.510. The van der Waals surface area contributed by atoms with E-state index < -0.39 is 0 Å². The minimum Gasteiger partial charge on any atom is -0.348 e. The predicted molar refractivity (Wildman–Crippen MR) is 85.3 cm³/mol. The van der Waals surface area contributed by atoms with Crippen molar-refractivity contribution in [1.29, 1.82) is 0 Å². The van der Waals surface area contributed by atoms with E-state index in [4.69, 9.17) is 5.73 Å². The highest BCUT2D eigenvalue weighted by molar-refractivity contribution is 7.13. The fraction of sp³-hybridized carbons (Fsp3) is 0.375. The zero-order valence-corrected chi connectivity index (χ0v) is 12.8. The van der Waals surface area contributed by atoms with Gasteiger partial charge in [-0.2, -0.15) is 0 Å². The van der Waals surface area contributed by atoms with Crippen molar-refractivity contribution < 1.29 is 4.79 Å². The van der Waals surface area contributed by atoms with Crippen molar-refractivity contribution in [3.63, 3.8) is 0 Å². The van der Waals surface area contributed by atoms with Crippen LogP contribution in [0.4, 0.5) is 0 Å². The van der Waals surface area contributed by atoms with Gasteiger partial charge >= 0.3 is 0 Å². The Morgan fingerprint density at radius 2 is 2.33 bits per heavy atom. The lowest BCUT2D eigenvalue weighted by atomic mass is 10.1. The Morgan fingerprint density at radius 3 is 2.95 bits per heavy atom. The molecule has 21 heavy (non-hydrogen) atoms. The maximum Gasteiger partial charge on any atom is 0.251 e. The van der Waals surface area contributed by atoms with Gasteiger partial charge in [-0.05, 0) is 37.8 Å². The first-order valence-corrected chi connectivity index (χ1v) is 8.09. The number of rotatable bonds is 5. The number of nitrogens with one attached hydrogen (secondary N) is 1. The van der Waals surface area contributed by atoms with Crippen LogP contribution in [-0.4, -0.2) is 23.5 Å². The molecule has 2 aromatic rings. The molecule has 1 atom stereocenters. The molecule has 1 amide bonds. The molecule has 0 spiro atoms. The summed E-state index contributed by atoms with van der Waals surface area (Å²) in [6, 6.07) is 7.71. The molecule has 0 bridgehead atoms. The molecule has 3 N–H and O–H groups in total. The SMILES string of the molecule is Cc1csc(-c2cccc(C(=O)NC(CN)C3CC3)c2)n1. The number of thiazole rings is 1. The van der Waals surface area contributed by atoms with Crippen LogP contribution in [0.25, 0.3) is 10.6 Å². The minimum atomic E-state index is -0.0486. The number of hydrogen-bond donors (Lipinski definition) is 2. The van der Waals surface area contributed by atoms with E-state index in [-0.39, 0.29) is 11.9 Å². The van der Waals surface area contributed by atoms with E-state index in [0.717, 1.165) is 16.3 Å². The molecule has 4 nitrogen and oxygen atoms in total. The van der Waals surface area contributed by atoms with Gasteiger partial charge in [0.05, 0.1) is 0 Å². The second-order valence-corrected chi connectivity index (χ2v) is 6.39. The first-order valence-electron chi connectivity index (χ1n) is 7.21. The minimum absolute atomic E-state index is 0.0486. The van der Waals surface area contributed by atoms with Crippen LogP contribution in [0, 0.1) is 12.8 Å². The second-order valence-electron chi connectivity index (χ2n) is 5.53. The summed E-state index contributed by atoms with van der Waals surface area (Å²) < 4.78 is 0. The van der Waals surface area contributed by atoms with E-state index in [1.54, 1.807) is 11.3 Å². The molecule has 1 unspecified atom stereocenters.